The van der Waals surface area contributed by atoms with E-state index in [4.69, 9.17) is 5.73 Å². The third kappa shape index (κ3) is 2.70. The van der Waals surface area contributed by atoms with E-state index in [1.165, 1.54) is 0 Å². The monoisotopic (exact) mass is 278 g/mol. The lowest BCUT2D eigenvalue weighted by Crippen LogP contribution is -2.01. The van der Waals surface area contributed by atoms with Crippen molar-refractivity contribution in [1.82, 2.24) is 9.97 Å². The van der Waals surface area contributed by atoms with Gasteiger partial charge in [-0.2, -0.15) is 4.98 Å². The molecule has 0 aliphatic carbocycles. The Morgan fingerprint density at radius 3 is 2.75 bits per heavy atom. The summed E-state index contributed by atoms with van der Waals surface area (Å²) in [6, 6.07) is 9.68. The zero-order valence-electron chi connectivity index (χ0n) is 8.74. The lowest BCUT2D eigenvalue weighted by Gasteiger charge is -2.06. The van der Waals surface area contributed by atoms with E-state index in [1.807, 2.05) is 37.3 Å². The number of aromatic nitrogens is 2. The Balaban J connectivity index is 2.27. The summed E-state index contributed by atoms with van der Waals surface area (Å²) >= 11 is 3.41. The summed E-state index contributed by atoms with van der Waals surface area (Å²) in [6.45, 7) is 1.88. The normalized spacial score (nSPS) is 10.1. The summed E-state index contributed by atoms with van der Waals surface area (Å²) in [5, 5.41) is 3.17. The molecule has 4 nitrogen and oxygen atoms in total. The van der Waals surface area contributed by atoms with Crippen LogP contribution in [0.5, 0.6) is 0 Å². The topological polar surface area (TPSA) is 63.8 Å². The summed E-state index contributed by atoms with van der Waals surface area (Å²) in [5.41, 5.74) is 7.36. The van der Waals surface area contributed by atoms with Crippen LogP contribution in [0.25, 0.3) is 0 Å². The van der Waals surface area contributed by atoms with Gasteiger partial charge in [0.1, 0.15) is 5.82 Å². The second-order valence-electron chi connectivity index (χ2n) is 3.39. The fourth-order valence-electron chi connectivity index (χ4n) is 1.37. The van der Waals surface area contributed by atoms with Crippen LogP contribution in [-0.4, -0.2) is 9.97 Å². The number of nitrogens with one attached hydrogen (secondary N) is 1. The van der Waals surface area contributed by atoms with Crippen molar-refractivity contribution in [2.45, 2.75) is 6.92 Å². The highest BCUT2D eigenvalue weighted by molar-refractivity contribution is 9.10. The number of nitrogens with two attached hydrogens (primary N) is 1. The molecular formula is C11H11BrN4. The van der Waals surface area contributed by atoms with Crippen LogP contribution < -0.4 is 11.1 Å². The number of benzene rings is 1. The molecule has 0 saturated heterocycles. The quantitative estimate of drug-likeness (QED) is 0.887. The number of hydrogen-bond donors (Lipinski definition) is 2. The summed E-state index contributed by atoms with van der Waals surface area (Å²) in [6.07, 6.45) is 0. The average molecular weight is 279 g/mol. The first-order chi connectivity index (χ1) is 7.63. The van der Waals surface area contributed by atoms with E-state index >= 15 is 0 Å². The molecule has 0 radical (unpaired) electrons. The Morgan fingerprint density at radius 1 is 1.25 bits per heavy atom. The number of aryl methyl sites for hydroxylation is 1. The number of nitrogen functional groups attached to an aromatic ring is 1. The zero-order valence-corrected chi connectivity index (χ0v) is 10.3. The number of rotatable bonds is 2. The molecule has 16 heavy (non-hydrogen) atoms. The fraction of sp³-hybridized carbons (Fsp3) is 0.0909. The van der Waals surface area contributed by atoms with Gasteiger partial charge >= 0.3 is 0 Å². The van der Waals surface area contributed by atoms with Gasteiger partial charge < -0.3 is 11.1 Å². The predicted molar refractivity (Wildman–Crippen MR) is 68.6 cm³/mol. The van der Waals surface area contributed by atoms with E-state index in [2.05, 4.69) is 31.2 Å². The lowest BCUT2D eigenvalue weighted by atomic mass is 10.3. The lowest BCUT2D eigenvalue weighted by molar-refractivity contribution is 1.12. The van der Waals surface area contributed by atoms with E-state index < -0.39 is 0 Å². The Hall–Kier alpha value is -1.62. The molecule has 0 aliphatic rings. The highest BCUT2D eigenvalue weighted by Crippen LogP contribution is 2.19. The third-order valence-corrected chi connectivity index (χ3v) is 2.46. The summed E-state index contributed by atoms with van der Waals surface area (Å²) in [4.78, 5) is 8.11. The number of nitrogens with zero attached hydrogens (tertiary/aromatic N) is 2. The number of anilines is 3. The molecule has 0 spiro atoms. The molecule has 0 atom stereocenters. The van der Waals surface area contributed by atoms with Crippen molar-refractivity contribution in [3.05, 3.63) is 40.5 Å². The summed E-state index contributed by atoms with van der Waals surface area (Å²) < 4.78 is 1.01. The molecule has 0 aliphatic heterocycles. The maximum Gasteiger partial charge on any atom is 0.222 e. The van der Waals surface area contributed by atoms with E-state index in [1.54, 1.807) is 0 Å². The van der Waals surface area contributed by atoms with Crippen LogP contribution in [0.1, 0.15) is 5.69 Å². The van der Waals surface area contributed by atoms with Crippen LogP contribution in [0.15, 0.2) is 34.8 Å². The molecule has 1 aromatic carbocycles. The maximum atomic E-state index is 5.57. The van der Waals surface area contributed by atoms with Crippen molar-refractivity contribution < 1.29 is 0 Å². The van der Waals surface area contributed by atoms with Gasteiger partial charge in [-0.3, -0.25) is 0 Å². The van der Waals surface area contributed by atoms with Crippen LogP contribution in [0.2, 0.25) is 0 Å². The van der Waals surface area contributed by atoms with E-state index in [0.717, 1.165) is 15.9 Å². The van der Waals surface area contributed by atoms with Gasteiger partial charge in [-0.05, 0) is 25.1 Å². The highest BCUT2D eigenvalue weighted by atomic mass is 79.9. The molecule has 2 aromatic rings. The minimum absolute atomic E-state index is 0.275. The molecule has 82 valence electrons. The largest absolute Gasteiger partial charge is 0.368 e. The van der Waals surface area contributed by atoms with Crippen molar-refractivity contribution >= 4 is 33.4 Å². The molecule has 0 saturated carbocycles. The van der Waals surface area contributed by atoms with Crippen LogP contribution in [0, 0.1) is 6.92 Å². The standard InChI is InChI=1S/C11H11BrN4/c1-7-5-10(16-11(13)14-7)15-9-4-2-3-8(12)6-9/h2-6H,1H3,(H3,13,14,15,16). The van der Waals surface area contributed by atoms with Crippen LogP contribution in [-0.2, 0) is 0 Å². The van der Waals surface area contributed by atoms with Gasteiger partial charge in [0, 0.05) is 21.9 Å². The van der Waals surface area contributed by atoms with Gasteiger partial charge in [-0.1, -0.05) is 22.0 Å². The predicted octanol–water partition coefficient (Wildman–Crippen LogP) is 2.87. The first-order valence-corrected chi connectivity index (χ1v) is 5.56. The van der Waals surface area contributed by atoms with E-state index in [9.17, 15) is 0 Å². The fourth-order valence-corrected chi connectivity index (χ4v) is 1.77. The SMILES string of the molecule is Cc1cc(Nc2cccc(Br)c2)nc(N)n1. The van der Waals surface area contributed by atoms with E-state index in [-0.39, 0.29) is 5.95 Å². The maximum absolute atomic E-state index is 5.57. The minimum atomic E-state index is 0.275. The van der Waals surface area contributed by atoms with Gasteiger partial charge in [0.2, 0.25) is 5.95 Å². The summed E-state index contributed by atoms with van der Waals surface area (Å²) in [7, 11) is 0. The molecule has 1 aromatic heterocycles. The van der Waals surface area contributed by atoms with Gasteiger partial charge in [0.15, 0.2) is 0 Å². The first-order valence-electron chi connectivity index (χ1n) is 4.77. The molecule has 0 fully saturated rings. The molecule has 0 amide bonds. The average Bonchev–Trinajstić information content (AvgIpc) is 2.15. The Labute approximate surface area is 102 Å². The highest BCUT2D eigenvalue weighted by Gasteiger charge is 2.00. The van der Waals surface area contributed by atoms with Crippen molar-refractivity contribution in [1.29, 1.82) is 0 Å². The Kier molecular flexibility index (Phi) is 3.05. The molecule has 0 unspecified atom stereocenters. The van der Waals surface area contributed by atoms with Crippen LogP contribution in [0.4, 0.5) is 17.5 Å². The smallest absolute Gasteiger partial charge is 0.222 e. The molecule has 2 rings (SSSR count). The number of halogens is 1. The molecule has 0 bridgehead atoms. The van der Waals surface area contributed by atoms with Crippen molar-refractivity contribution in [2.75, 3.05) is 11.1 Å². The third-order valence-electron chi connectivity index (χ3n) is 1.97. The zero-order chi connectivity index (χ0) is 11.5. The van der Waals surface area contributed by atoms with Gasteiger partial charge in [-0.25, -0.2) is 4.98 Å². The minimum Gasteiger partial charge on any atom is -0.368 e. The first kappa shape index (κ1) is 10.9. The number of hydrogen-bond acceptors (Lipinski definition) is 4. The van der Waals surface area contributed by atoms with E-state index in [0.29, 0.717) is 5.82 Å². The van der Waals surface area contributed by atoms with Crippen LogP contribution in [0.3, 0.4) is 0 Å². The van der Waals surface area contributed by atoms with Gasteiger partial charge in [0.25, 0.3) is 0 Å². The molecule has 1 heterocycles. The van der Waals surface area contributed by atoms with Crippen molar-refractivity contribution in [3.63, 3.8) is 0 Å². The molecule has 5 heteroatoms. The van der Waals surface area contributed by atoms with Gasteiger partial charge in [-0.15, -0.1) is 0 Å². The summed E-state index contributed by atoms with van der Waals surface area (Å²) in [5.74, 6) is 0.973. The molecule has 3 N–H and O–H groups in total. The Bertz CT molecular complexity index is 493. The van der Waals surface area contributed by atoms with Crippen LogP contribution >= 0.6 is 15.9 Å². The molecular weight excluding hydrogens is 268 g/mol. The van der Waals surface area contributed by atoms with Crippen molar-refractivity contribution in [3.8, 4) is 0 Å². The van der Waals surface area contributed by atoms with Gasteiger partial charge in [0.05, 0.1) is 0 Å². The Morgan fingerprint density at radius 2 is 2.06 bits per heavy atom. The van der Waals surface area contributed by atoms with Crippen molar-refractivity contribution in [2.24, 2.45) is 0 Å². The second-order valence-corrected chi connectivity index (χ2v) is 4.30. The second kappa shape index (κ2) is 4.49.